The van der Waals surface area contributed by atoms with Gasteiger partial charge < -0.3 is 25.2 Å². The van der Waals surface area contributed by atoms with Gasteiger partial charge in [-0.2, -0.15) is 5.26 Å². The Morgan fingerprint density at radius 1 is 0.975 bits per heavy atom. The van der Waals surface area contributed by atoms with Crippen molar-refractivity contribution in [3.8, 4) is 6.07 Å². The summed E-state index contributed by atoms with van der Waals surface area (Å²) in [6.45, 7) is 9.67. The van der Waals surface area contributed by atoms with E-state index in [4.69, 9.17) is 10.00 Å². The molecule has 1 atom stereocenters. The maximum atomic E-state index is 13.3. The Balaban J connectivity index is 1.32. The van der Waals surface area contributed by atoms with E-state index < -0.39 is 5.60 Å². The molecule has 2 aliphatic heterocycles. The summed E-state index contributed by atoms with van der Waals surface area (Å²) < 4.78 is 5.48. The highest BCUT2D eigenvalue weighted by Crippen LogP contribution is 2.29. The second-order valence-corrected chi connectivity index (χ2v) is 11.7. The normalized spacial score (nSPS) is 18.0. The minimum Gasteiger partial charge on any atom is -0.444 e. The predicted molar refractivity (Wildman–Crippen MR) is 153 cm³/mol. The molecule has 4 amide bonds. The summed E-state index contributed by atoms with van der Waals surface area (Å²) in [7, 11) is 0. The maximum Gasteiger partial charge on any atom is 0.410 e. The standard InChI is InChI=1S/C31H39N5O4/c1-21-7-10-25(28(37)35-16-13-24(14-17-35)23-11-8-22(19-32)9-12-23)18-27(21)34-29(38)33-26-6-5-15-36(20-26)30(39)40-31(2,3)4/h7-12,18,24,26H,5-6,13-17,20H2,1-4H3,(H2,33,34,38). The van der Waals surface area contributed by atoms with Crippen LogP contribution in [0.2, 0.25) is 0 Å². The average Bonchev–Trinajstić information content (AvgIpc) is 2.93. The Kier molecular flexibility index (Phi) is 8.98. The third-order valence-electron chi connectivity index (χ3n) is 7.43. The zero-order valence-corrected chi connectivity index (χ0v) is 23.8. The van der Waals surface area contributed by atoms with Gasteiger partial charge in [0.25, 0.3) is 5.91 Å². The predicted octanol–water partition coefficient (Wildman–Crippen LogP) is 5.41. The molecule has 212 valence electrons. The first-order valence-corrected chi connectivity index (χ1v) is 14.0. The van der Waals surface area contributed by atoms with Crippen molar-refractivity contribution < 1.29 is 19.1 Å². The number of piperidine rings is 2. The molecule has 1 unspecified atom stereocenters. The Labute approximate surface area is 236 Å². The van der Waals surface area contributed by atoms with E-state index in [9.17, 15) is 14.4 Å². The number of hydrogen-bond donors (Lipinski definition) is 2. The van der Waals surface area contributed by atoms with E-state index in [1.165, 1.54) is 5.56 Å². The zero-order valence-electron chi connectivity index (χ0n) is 23.8. The van der Waals surface area contributed by atoms with Crippen molar-refractivity contribution in [2.45, 2.75) is 70.9 Å². The molecule has 2 saturated heterocycles. The Hall–Kier alpha value is -4.06. The second kappa shape index (κ2) is 12.4. The number of carbonyl (C=O) groups is 3. The van der Waals surface area contributed by atoms with Gasteiger partial charge in [-0.15, -0.1) is 0 Å². The first-order valence-electron chi connectivity index (χ1n) is 14.0. The van der Waals surface area contributed by atoms with Crippen LogP contribution in [0.1, 0.15) is 79.4 Å². The van der Waals surface area contributed by atoms with Crippen LogP contribution in [0.5, 0.6) is 0 Å². The van der Waals surface area contributed by atoms with Gasteiger partial charge in [-0.3, -0.25) is 4.79 Å². The molecule has 0 radical (unpaired) electrons. The van der Waals surface area contributed by atoms with E-state index in [1.54, 1.807) is 17.0 Å². The van der Waals surface area contributed by atoms with Gasteiger partial charge in [0.15, 0.2) is 0 Å². The third kappa shape index (κ3) is 7.53. The zero-order chi connectivity index (χ0) is 28.9. The van der Waals surface area contributed by atoms with Gasteiger partial charge in [0.05, 0.1) is 11.6 Å². The second-order valence-electron chi connectivity index (χ2n) is 11.7. The van der Waals surface area contributed by atoms with Gasteiger partial charge in [-0.1, -0.05) is 18.2 Å². The summed E-state index contributed by atoms with van der Waals surface area (Å²) in [6, 6.07) is 14.7. The number of likely N-dealkylation sites (tertiary alicyclic amines) is 2. The number of nitrogens with zero attached hydrogens (tertiary/aromatic N) is 3. The third-order valence-corrected chi connectivity index (χ3v) is 7.43. The minimum atomic E-state index is -0.574. The fraction of sp³-hybridized carbons (Fsp3) is 0.484. The lowest BCUT2D eigenvalue weighted by Gasteiger charge is -2.34. The van der Waals surface area contributed by atoms with E-state index >= 15 is 0 Å². The molecule has 9 heteroatoms. The summed E-state index contributed by atoms with van der Waals surface area (Å²) >= 11 is 0. The van der Waals surface area contributed by atoms with Crippen LogP contribution in [0, 0.1) is 18.3 Å². The van der Waals surface area contributed by atoms with Gasteiger partial charge in [0.1, 0.15) is 5.60 Å². The summed E-state index contributed by atoms with van der Waals surface area (Å²) in [5, 5.41) is 14.9. The van der Waals surface area contributed by atoms with Crippen molar-refractivity contribution in [2.75, 3.05) is 31.5 Å². The lowest BCUT2D eigenvalue weighted by molar-refractivity contribution is 0.0191. The molecular formula is C31H39N5O4. The van der Waals surface area contributed by atoms with Gasteiger partial charge >= 0.3 is 12.1 Å². The Morgan fingerprint density at radius 3 is 2.33 bits per heavy atom. The maximum absolute atomic E-state index is 13.3. The van der Waals surface area contributed by atoms with Crippen molar-refractivity contribution in [1.29, 1.82) is 5.26 Å². The molecule has 2 N–H and O–H groups in total. The summed E-state index contributed by atoms with van der Waals surface area (Å²) in [5.41, 5.74) is 3.24. The van der Waals surface area contributed by atoms with Crippen molar-refractivity contribution in [2.24, 2.45) is 0 Å². The molecule has 40 heavy (non-hydrogen) atoms. The number of benzene rings is 2. The summed E-state index contributed by atoms with van der Waals surface area (Å²) in [6.07, 6.45) is 2.89. The van der Waals surface area contributed by atoms with Crippen LogP contribution in [0.3, 0.4) is 0 Å². The molecule has 2 aliphatic rings. The van der Waals surface area contributed by atoms with Gasteiger partial charge in [-0.25, -0.2) is 9.59 Å². The van der Waals surface area contributed by atoms with Crippen LogP contribution in [0.15, 0.2) is 42.5 Å². The monoisotopic (exact) mass is 545 g/mol. The smallest absolute Gasteiger partial charge is 0.410 e. The lowest BCUT2D eigenvalue weighted by atomic mass is 9.89. The van der Waals surface area contributed by atoms with Crippen molar-refractivity contribution in [3.05, 3.63) is 64.7 Å². The number of amides is 4. The fourth-order valence-corrected chi connectivity index (χ4v) is 5.25. The largest absolute Gasteiger partial charge is 0.444 e. The van der Waals surface area contributed by atoms with Gasteiger partial charge in [0.2, 0.25) is 0 Å². The quantitative estimate of drug-likeness (QED) is 0.533. The number of urea groups is 1. The molecule has 4 rings (SSSR count). The fourth-order valence-electron chi connectivity index (χ4n) is 5.25. The molecule has 0 saturated carbocycles. The van der Waals surface area contributed by atoms with E-state index in [-0.39, 0.29) is 24.1 Å². The van der Waals surface area contributed by atoms with Gasteiger partial charge in [0, 0.05) is 43.5 Å². The molecule has 9 nitrogen and oxygen atoms in total. The topological polar surface area (TPSA) is 115 Å². The Bertz CT molecular complexity index is 1270. The van der Waals surface area contributed by atoms with Crippen LogP contribution in [-0.2, 0) is 4.74 Å². The molecule has 0 aliphatic carbocycles. The number of aryl methyl sites for hydroxylation is 1. The number of nitrogens with one attached hydrogen (secondary N) is 2. The molecule has 0 aromatic heterocycles. The summed E-state index contributed by atoms with van der Waals surface area (Å²) in [4.78, 5) is 42.1. The van der Waals surface area contributed by atoms with Crippen LogP contribution >= 0.6 is 0 Å². The number of rotatable bonds is 4. The number of hydrogen-bond acceptors (Lipinski definition) is 5. The first-order chi connectivity index (χ1) is 19.0. The van der Waals surface area contributed by atoms with E-state index in [1.807, 2.05) is 62.9 Å². The number of ether oxygens (including phenoxy) is 1. The molecule has 2 aromatic carbocycles. The molecule has 2 aromatic rings. The van der Waals surface area contributed by atoms with E-state index in [0.717, 1.165) is 31.2 Å². The highest BCUT2D eigenvalue weighted by Gasteiger charge is 2.29. The van der Waals surface area contributed by atoms with Crippen LogP contribution in [0.4, 0.5) is 15.3 Å². The van der Waals surface area contributed by atoms with Crippen molar-refractivity contribution in [3.63, 3.8) is 0 Å². The summed E-state index contributed by atoms with van der Waals surface area (Å²) in [5.74, 6) is 0.309. The van der Waals surface area contributed by atoms with Crippen LogP contribution in [0.25, 0.3) is 0 Å². The molecular weight excluding hydrogens is 506 g/mol. The number of carbonyl (C=O) groups excluding carboxylic acids is 3. The molecule has 0 spiro atoms. The van der Waals surface area contributed by atoms with Crippen molar-refractivity contribution >= 4 is 23.7 Å². The number of anilines is 1. The van der Waals surface area contributed by atoms with Crippen molar-refractivity contribution in [1.82, 2.24) is 15.1 Å². The lowest BCUT2D eigenvalue weighted by Crippen LogP contribution is -2.51. The number of nitriles is 1. The van der Waals surface area contributed by atoms with Crippen LogP contribution < -0.4 is 10.6 Å². The Morgan fingerprint density at radius 2 is 1.68 bits per heavy atom. The molecule has 2 fully saturated rings. The van der Waals surface area contributed by atoms with E-state index in [0.29, 0.717) is 48.9 Å². The molecule has 2 heterocycles. The minimum absolute atomic E-state index is 0.0537. The van der Waals surface area contributed by atoms with Crippen LogP contribution in [-0.4, -0.2) is 65.7 Å². The highest BCUT2D eigenvalue weighted by molar-refractivity contribution is 5.97. The van der Waals surface area contributed by atoms with Gasteiger partial charge in [-0.05, 0) is 94.7 Å². The first kappa shape index (κ1) is 28.9. The SMILES string of the molecule is Cc1ccc(C(=O)N2CCC(c3ccc(C#N)cc3)CC2)cc1NC(=O)NC1CCCN(C(=O)OC(C)(C)C)C1. The highest BCUT2D eigenvalue weighted by atomic mass is 16.6. The van der Waals surface area contributed by atoms with E-state index in [2.05, 4.69) is 16.7 Å². The average molecular weight is 546 g/mol. The molecule has 0 bridgehead atoms.